The molecule has 0 heterocycles. The van der Waals surface area contributed by atoms with Gasteiger partial charge in [0.15, 0.2) is 6.10 Å². The summed E-state index contributed by atoms with van der Waals surface area (Å²) in [4.78, 5) is 38.3. The number of unbranched alkanes of at least 4 members (excludes halogenated alkanes) is 13. The Morgan fingerprint density at radius 1 is 0.256 bits per heavy atom. The Morgan fingerprint density at radius 3 is 0.817 bits per heavy atom. The molecule has 0 radical (unpaired) electrons. The highest BCUT2D eigenvalue weighted by molar-refractivity contribution is 5.71. The van der Waals surface area contributed by atoms with Crippen LogP contribution in [0.25, 0.3) is 0 Å². The number of hydrogen-bond donors (Lipinski definition) is 0. The first kappa shape index (κ1) is 76.2. The zero-order valence-electron chi connectivity index (χ0n) is 52.2. The zero-order valence-corrected chi connectivity index (χ0v) is 52.2. The molecule has 1 unspecified atom stereocenters. The highest BCUT2D eigenvalue weighted by Gasteiger charge is 2.19. The fraction of sp³-hybridized carbons (Fsp3) is 0.539. The molecule has 0 spiro atoms. The molecule has 0 aliphatic carbocycles. The summed E-state index contributed by atoms with van der Waals surface area (Å²) in [5.74, 6) is -1.05. The Balaban J connectivity index is 4.59. The minimum atomic E-state index is -0.844. The van der Waals surface area contributed by atoms with E-state index < -0.39 is 6.10 Å². The van der Waals surface area contributed by atoms with E-state index in [1.165, 1.54) is 44.9 Å². The molecular formula is C76H116O6. The topological polar surface area (TPSA) is 78.9 Å². The fourth-order valence-electron chi connectivity index (χ4n) is 8.03. The second-order valence-electron chi connectivity index (χ2n) is 20.5. The molecule has 6 nitrogen and oxygen atoms in total. The summed E-state index contributed by atoms with van der Waals surface area (Å²) in [6, 6.07) is 0. The van der Waals surface area contributed by atoms with Gasteiger partial charge in [-0.2, -0.15) is 0 Å². The van der Waals surface area contributed by atoms with Crippen LogP contribution in [0.3, 0.4) is 0 Å². The number of rotatable bonds is 56. The van der Waals surface area contributed by atoms with E-state index in [1.54, 1.807) is 0 Å². The molecule has 456 valence electrons. The van der Waals surface area contributed by atoms with Crippen LogP contribution in [0.1, 0.15) is 245 Å². The maximum atomic E-state index is 12.9. The van der Waals surface area contributed by atoms with Crippen LogP contribution < -0.4 is 0 Å². The number of ether oxygens (including phenoxy) is 3. The molecule has 0 amide bonds. The largest absolute Gasteiger partial charge is 0.462 e. The summed E-state index contributed by atoms with van der Waals surface area (Å²) in [6.45, 7) is 6.30. The number of carbonyl (C=O) groups excluding carboxylic acids is 3. The van der Waals surface area contributed by atoms with E-state index in [-0.39, 0.29) is 44.0 Å². The monoisotopic (exact) mass is 1120 g/mol. The first-order valence-electron chi connectivity index (χ1n) is 32.4. The Kier molecular flexibility index (Phi) is 63.0. The van der Waals surface area contributed by atoms with Gasteiger partial charge < -0.3 is 14.2 Å². The van der Waals surface area contributed by atoms with E-state index in [4.69, 9.17) is 14.2 Å². The summed E-state index contributed by atoms with van der Waals surface area (Å²) in [6.07, 6.45) is 103. The summed E-state index contributed by atoms with van der Waals surface area (Å²) in [5.41, 5.74) is 0. The van der Waals surface area contributed by atoms with E-state index >= 15 is 0 Å². The predicted molar refractivity (Wildman–Crippen MR) is 357 cm³/mol. The number of hydrogen-bond acceptors (Lipinski definition) is 6. The maximum absolute atomic E-state index is 12.9. The quantitative estimate of drug-likeness (QED) is 0.0261. The van der Waals surface area contributed by atoms with Crippen LogP contribution in [0, 0.1) is 0 Å². The van der Waals surface area contributed by atoms with Crippen molar-refractivity contribution in [2.45, 2.75) is 252 Å². The Hall–Kier alpha value is -5.75. The van der Waals surface area contributed by atoms with Crippen LogP contribution in [-0.2, 0) is 28.6 Å². The SMILES string of the molecule is CC/C=C\C/C=C\C/C=C\C/C=C\C/C=C\C/C=C\C/C=C\C/C=C\CCCCC(=O)OCC(COC(=O)CCCCCCC/C=C\CCCCCCC)OC(=O)CCC/C=C\C/C=C\C/C=C\C/C=C\C/C=C\C/C=C\C/C=C\CC. The van der Waals surface area contributed by atoms with Gasteiger partial charge in [0.25, 0.3) is 0 Å². The van der Waals surface area contributed by atoms with E-state index in [2.05, 4.69) is 215 Å². The second kappa shape index (κ2) is 67.8. The third-order valence-electron chi connectivity index (χ3n) is 12.8. The number of carbonyl (C=O) groups is 3. The lowest BCUT2D eigenvalue weighted by molar-refractivity contribution is -0.167. The third kappa shape index (κ3) is 65.1. The molecular weight excluding hydrogens is 1010 g/mol. The molecule has 0 aromatic rings. The van der Waals surface area contributed by atoms with Gasteiger partial charge in [-0.05, 0) is 161 Å². The molecule has 0 N–H and O–H groups in total. The van der Waals surface area contributed by atoms with E-state index in [1.807, 2.05) is 0 Å². The smallest absolute Gasteiger partial charge is 0.306 e. The molecule has 0 aliphatic heterocycles. The average molecular weight is 1130 g/mol. The van der Waals surface area contributed by atoms with Crippen molar-refractivity contribution in [2.75, 3.05) is 13.2 Å². The van der Waals surface area contributed by atoms with Crippen molar-refractivity contribution < 1.29 is 28.6 Å². The van der Waals surface area contributed by atoms with Gasteiger partial charge in [0, 0.05) is 19.3 Å². The van der Waals surface area contributed by atoms with Crippen molar-refractivity contribution >= 4 is 17.9 Å². The Bertz CT molecular complexity index is 1970. The van der Waals surface area contributed by atoms with Crippen LogP contribution in [0.4, 0.5) is 0 Å². The average Bonchev–Trinajstić information content (AvgIpc) is 3.48. The molecule has 6 heteroatoms. The first-order valence-corrected chi connectivity index (χ1v) is 32.4. The first-order chi connectivity index (χ1) is 40.5. The van der Waals surface area contributed by atoms with E-state index in [0.717, 1.165) is 148 Å². The summed E-state index contributed by atoms with van der Waals surface area (Å²) < 4.78 is 16.8. The minimum absolute atomic E-state index is 0.130. The van der Waals surface area contributed by atoms with Crippen molar-refractivity contribution in [1.82, 2.24) is 0 Å². The van der Waals surface area contributed by atoms with E-state index in [9.17, 15) is 14.4 Å². The van der Waals surface area contributed by atoms with Gasteiger partial charge in [0.05, 0.1) is 0 Å². The van der Waals surface area contributed by atoms with Crippen LogP contribution in [0.5, 0.6) is 0 Å². The highest BCUT2D eigenvalue weighted by Crippen LogP contribution is 2.12. The van der Waals surface area contributed by atoms with Crippen molar-refractivity contribution in [3.8, 4) is 0 Å². The van der Waals surface area contributed by atoms with Crippen LogP contribution in [-0.4, -0.2) is 37.2 Å². The Morgan fingerprint density at radius 2 is 0.488 bits per heavy atom. The number of esters is 3. The fourth-order valence-corrected chi connectivity index (χ4v) is 8.03. The highest BCUT2D eigenvalue weighted by atomic mass is 16.6. The molecule has 0 bridgehead atoms. The molecule has 0 saturated carbocycles. The van der Waals surface area contributed by atoms with Gasteiger partial charge in [0.1, 0.15) is 13.2 Å². The third-order valence-corrected chi connectivity index (χ3v) is 12.8. The van der Waals surface area contributed by atoms with Crippen LogP contribution in [0.15, 0.2) is 194 Å². The molecule has 0 aliphatic rings. The van der Waals surface area contributed by atoms with Crippen molar-refractivity contribution in [3.63, 3.8) is 0 Å². The minimum Gasteiger partial charge on any atom is -0.462 e. The van der Waals surface area contributed by atoms with Crippen molar-refractivity contribution in [2.24, 2.45) is 0 Å². The van der Waals surface area contributed by atoms with Gasteiger partial charge in [-0.3, -0.25) is 14.4 Å². The normalized spacial score (nSPS) is 13.5. The lowest BCUT2D eigenvalue weighted by atomic mass is 10.1. The van der Waals surface area contributed by atoms with Gasteiger partial charge in [-0.15, -0.1) is 0 Å². The lowest BCUT2D eigenvalue weighted by Crippen LogP contribution is -2.30. The number of allylic oxidation sites excluding steroid dienone is 32. The van der Waals surface area contributed by atoms with Crippen LogP contribution in [0.2, 0.25) is 0 Å². The van der Waals surface area contributed by atoms with Gasteiger partial charge in [-0.25, -0.2) is 0 Å². The standard InChI is InChI=1S/C76H116O6/c1-4-7-10-13-16-19-22-25-28-30-32-34-36-37-38-39-41-42-44-46-48-51-54-57-60-63-66-69-75(78)81-72-73(71-80-74(77)68-65-62-59-56-53-50-27-24-21-18-15-12-9-6-3)82-76(79)70-67-64-61-58-55-52-49-47-45-43-40-35-33-31-29-26-23-20-17-14-11-8-5-2/h7-8,10-11,16-17,19-20,24-29,32-35,37-38,41-43,45-46,48-49,52,54,57-58,61,73H,4-6,9,12-15,18,21-23,30-31,36,39-40,44,47,50-51,53,55-56,59-60,62-72H2,1-3H3/b10-7-,11-8-,19-16-,20-17-,27-24-,28-25-,29-26-,34-32-,35-33-,38-37-,42-41-,45-43-,48-46-,52-49-,57-54-,61-58-. The predicted octanol–water partition coefficient (Wildman–Crippen LogP) is 22.6. The summed E-state index contributed by atoms with van der Waals surface area (Å²) in [7, 11) is 0. The molecule has 0 fully saturated rings. The molecule has 0 aromatic carbocycles. The molecule has 0 aromatic heterocycles. The molecule has 1 atom stereocenters. The van der Waals surface area contributed by atoms with Crippen molar-refractivity contribution in [1.29, 1.82) is 0 Å². The lowest BCUT2D eigenvalue weighted by Gasteiger charge is -2.18. The molecule has 0 rings (SSSR count). The maximum Gasteiger partial charge on any atom is 0.306 e. The summed E-state index contributed by atoms with van der Waals surface area (Å²) >= 11 is 0. The second-order valence-corrected chi connectivity index (χ2v) is 20.5. The molecule has 82 heavy (non-hydrogen) atoms. The van der Waals surface area contributed by atoms with Gasteiger partial charge in [-0.1, -0.05) is 260 Å². The molecule has 0 saturated heterocycles. The zero-order chi connectivity index (χ0) is 59.2. The van der Waals surface area contributed by atoms with Gasteiger partial charge in [0.2, 0.25) is 0 Å². The van der Waals surface area contributed by atoms with Crippen LogP contribution >= 0.6 is 0 Å². The Labute approximate surface area is 503 Å². The summed E-state index contributed by atoms with van der Waals surface area (Å²) in [5, 5.41) is 0. The van der Waals surface area contributed by atoms with E-state index in [0.29, 0.717) is 19.3 Å². The van der Waals surface area contributed by atoms with Crippen molar-refractivity contribution in [3.05, 3.63) is 194 Å². The van der Waals surface area contributed by atoms with Gasteiger partial charge >= 0.3 is 17.9 Å².